The Bertz CT molecular complexity index is 942. The monoisotopic (exact) mass is 386 g/mol. The molecule has 0 aliphatic carbocycles. The van der Waals surface area contributed by atoms with Crippen LogP contribution in [0.2, 0.25) is 0 Å². The number of carbonyl (C=O) groups excluding carboxylic acids is 2. The van der Waals surface area contributed by atoms with Gasteiger partial charge in [0.2, 0.25) is 5.91 Å². The van der Waals surface area contributed by atoms with Crippen molar-refractivity contribution in [2.75, 3.05) is 11.1 Å². The van der Waals surface area contributed by atoms with E-state index in [0.717, 1.165) is 23.0 Å². The summed E-state index contributed by atoms with van der Waals surface area (Å²) in [6.45, 7) is 1.38. The summed E-state index contributed by atoms with van der Waals surface area (Å²) < 4.78 is 14.0. The zero-order chi connectivity index (χ0) is 18.5. The molecule has 0 spiro atoms. The Balaban J connectivity index is 1.58. The SMILES string of the molecule is CC(=O)c1ccc(SCC(=O)Nc2nc(-c3ccccc3)cs2)c(F)c1. The van der Waals surface area contributed by atoms with Crippen molar-refractivity contribution in [2.24, 2.45) is 0 Å². The van der Waals surface area contributed by atoms with Gasteiger partial charge in [0.15, 0.2) is 10.9 Å². The Morgan fingerprint density at radius 1 is 1.19 bits per heavy atom. The minimum Gasteiger partial charge on any atom is -0.301 e. The molecular weight excluding hydrogens is 371 g/mol. The molecule has 26 heavy (non-hydrogen) atoms. The van der Waals surface area contributed by atoms with E-state index in [9.17, 15) is 14.0 Å². The number of nitrogens with one attached hydrogen (secondary N) is 1. The lowest BCUT2D eigenvalue weighted by Crippen LogP contribution is -2.14. The maximum atomic E-state index is 14.0. The zero-order valence-electron chi connectivity index (χ0n) is 13.9. The molecule has 0 aliphatic rings. The van der Waals surface area contributed by atoms with E-state index in [1.165, 1.54) is 30.4 Å². The molecule has 0 saturated heterocycles. The maximum Gasteiger partial charge on any atom is 0.236 e. The number of Topliss-reactive ketones (excluding diaryl/α,β-unsaturated/α-hetero) is 1. The quantitative estimate of drug-likeness (QED) is 0.484. The molecule has 3 aromatic rings. The highest BCUT2D eigenvalue weighted by atomic mass is 32.2. The van der Waals surface area contributed by atoms with Gasteiger partial charge in [-0.3, -0.25) is 9.59 Å². The van der Waals surface area contributed by atoms with Gasteiger partial charge in [-0.25, -0.2) is 9.37 Å². The summed E-state index contributed by atoms with van der Waals surface area (Å²) in [6, 6.07) is 13.9. The minimum absolute atomic E-state index is 0.0522. The smallest absolute Gasteiger partial charge is 0.236 e. The summed E-state index contributed by atoms with van der Waals surface area (Å²) in [5.74, 6) is -0.914. The average molecular weight is 386 g/mol. The number of rotatable bonds is 6. The van der Waals surface area contributed by atoms with Crippen molar-refractivity contribution in [3.8, 4) is 11.3 Å². The van der Waals surface area contributed by atoms with E-state index in [0.29, 0.717) is 15.6 Å². The molecule has 0 saturated carbocycles. The van der Waals surface area contributed by atoms with Gasteiger partial charge in [-0.05, 0) is 19.1 Å². The number of hydrogen-bond donors (Lipinski definition) is 1. The van der Waals surface area contributed by atoms with Gasteiger partial charge in [-0.15, -0.1) is 23.1 Å². The normalized spacial score (nSPS) is 10.5. The average Bonchev–Trinajstić information content (AvgIpc) is 3.09. The fourth-order valence-electron chi connectivity index (χ4n) is 2.21. The summed E-state index contributed by atoms with van der Waals surface area (Å²) >= 11 is 2.42. The van der Waals surface area contributed by atoms with Crippen molar-refractivity contribution in [3.05, 3.63) is 65.3 Å². The van der Waals surface area contributed by atoms with Crippen molar-refractivity contribution < 1.29 is 14.0 Å². The number of thiazole rings is 1. The first-order valence-electron chi connectivity index (χ1n) is 7.77. The van der Waals surface area contributed by atoms with Crippen LogP contribution >= 0.6 is 23.1 Å². The minimum atomic E-state index is -0.504. The highest BCUT2D eigenvalue weighted by Crippen LogP contribution is 2.26. The summed E-state index contributed by atoms with van der Waals surface area (Å²) in [4.78, 5) is 28.0. The van der Waals surface area contributed by atoms with Crippen LogP contribution in [0.5, 0.6) is 0 Å². The van der Waals surface area contributed by atoms with Gasteiger partial charge in [0.05, 0.1) is 11.4 Å². The van der Waals surface area contributed by atoms with Crippen LogP contribution in [0.15, 0.2) is 58.8 Å². The van der Waals surface area contributed by atoms with Gasteiger partial charge >= 0.3 is 0 Å². The molecule has 0 radical (unpaired) electrons. The van der Waals surface area contributed by atoms with Crippen molar-refractivity contribution in [2.45, 2.75) is 11.8 Å². The Morgan fingerprint density at radius 2 is 1.96 bits per heavy atom. The number of aromatic nitrogens is 1. The second-order valence-electron chi connectivity index (χ2n) is 5.44. The van der Waals surface area contributed by atoms with Gasteiger partial charge in [-0.1, -0.05) is 36.4 Å². The van der Waals surface area contributed by atoms with Crippen molar-refractivity contribution in [1.82, 2.24) is 4.98 Å². The van der Waals surface area contributed by atoms with E-state index in [2.05, 4.69) is 10.3 Å². The highest BCUT2D eigenvalue weighted by molar-refractivity contribution is 8.00. The number of hydrogen-bond acceptors (Lipinski definition) is 5. The van der Waals surface area contributed by atoms with Gasteiger partial charge in [-0.2, -0.15) is 0 Å². The second-order valence-corrected chi connectivity index (χ2v) is 7.32. The summed E-state index contributed by atoms with van der Waals surface area (Å²) in [5, 5.41) is 5.10. The summed E-state index contributed by atoms with van der Waals surface area (Å²) in [5.41, 5.74) is 2.09. The van der Waals surface area contributed by atoms with Crippen LogP contribution in [0.25, 0.3) is 11.3 Å². The van der Waals surface area contributed by atoms with Crippen LogP contribution in [0, 0.1) is 5.82 Å². The van der Waals surface area contributed by atoms with Crippen molar-refractivity contribution in [3.63, 3.8) is 0 Å². The van der Waals surface area contributed by atoms with Crippen LogP contribution in [-0.4, -0.2) is 22.4 Å². The van der Waals surface area contributed by atoms with E-state index in [4.69, 9.17) is 0 Å². The van der Waals surface area contributed by atoms with E-state index < -0.39 is 5.82 Å². The highest BCUT2D eigenvalue weighted by Gasteiger charge is 2.11. The number of ketones is 1. The predicted octanol–water partition coefficient (Wildman–Crippen LogP) is 4.88. The molecule has 0 unspecified atom stereocenters. The molecule has 1 N–H and O–H groups in total. The molecule has 1 amide bonds. The number of thioether (sulfide) groups is 1. The van der Waals surface area contributed by atoms with Crippen LogP contribution in [0.4, 0.5) is 9.52 Å². The fourth-order valence-corrected chi connectivity index (χ4v) is 3.66. The molecule has 7 heteroatoms. The molecular formula is C19H15FN2O2S2. The Kier molecular flexibility index (Phi) is 5.80. The number of benzene rings is 2. The Labute approximate surface area is 158 Å². The second kappa shape index (κ2) is 8.25. The zero-order valence-corrected chi connectivity index (χ0v) is 15.5. The van der Waals surface area contributed by atoms with Gasteiger partial charge < -0.3 is 5.32 Å². The number of nitrogens with zero attached hydrogens (tertiary/aromatic N) is 1. The standard InChI is InChI=1S/C19H15FN2O2S2/c1-12(23)14-7-8-17(15(20)9-14)25-11-18(24)22-19-21-16(10-26-19)13-5-3-2-4-6-13/h2-10H,11H2,1H3,(H,21,22,24). The predicted molar refractivity (Wildman–Crippen MR) is 103 cm³/mol. The first-order chi connectivity index (χ1) is 12.5. The van der Waals surface area contributed by atoms with Crippen LogP contribution in [-0.2, 0) is 4.79 Å². The van der Waals surface area contributed by atoms with Crippen LogP contribution in [0.3, 0.4) is 0 Å². The molecule has 3 rings (SSSR count). The van der Waals surface area contributed by atoms with E-state index in [1.807, 2.05) is 35.7 Å². The molecule has 0 bridgehead atoms. The third-order valence-corrected chi connectivity index (χ3v) is 5.32. The fraction of sp³-hybridized carbons (Fsp3) is 0.105. The van der Waals surface area contributed by atoms with Crippen LogP contribution < -0.4 is 5.32 Å². The third-order valence-electron chi connectivity index (χ3n) is 3.52. The van der Waals surface area contributed by atoms with Gasteiger partial charge in [0.25, 0.3) is 0 Å². The van der Waals surface area contributed by atoms with Gasteiger partial charge in [0, 0.05) is 21.4 Å². The lowest BCUT2D eigenvalue weighted by molar-refractivity contribution is -0.113. The molecule has 1 heterocycles. The lowest BCUT2D eigenvalue weighted by Gasteiger charge is -2.05. The Morgan fingerprint density at radius 3 is 2.65 bits per heavy atom. The molecule has 1 aromatic heterocycles. The topological polar surface area (TPSA) is 59.1 Å². The first-order valence-corrected chi connectivity index (χ1v) is 9.63. The van der Waals surface area contributed by atoms with Gasteiger partial charge in [0.1, 0.15) is 5.82 Å². The van der Waals surface area contributed by atoms with Crippen molar-refractivity contribution in [1.29, 1.82) is 0 Å². The molecule has 0 aliphatic heterocycles. The number of carbonyl (C=O) groups is 2. The van der Waals surface area contributed by atoms with E-state index in [-0.39, 0.29) is 17.4 Å². The number of halogens is 1. The Hall–Kier alpha value is -2.51. The molecule has 0 fully saturated rings. The summed E-state index contributed by atoms with van der Waals surface area (Å²) in [7, 11) is 0. The van der Waals surface area contributed by atoms with Crippen LogP contribution in [0.1, 0.15) is 17.3 Å². The molecule has 132 valence electrons. The molecule has 2 aromatic carbocycles. The molecule has 0 atom stereocenters. The van der Waals surface area contributed by atoms with Crippen molar-refractivity contribution >= 4 is 39.9 Å². The molecule has 4 nitrogen and oxygen atoms in total. The maximum absolute atomic E-state index is 14.0. The summed E-state index contributed by atoms with van der Waals surface area (Å²) in [6.07, 6.45) is 0. The largest absolute Gasteiger partial charge is 0.301 e. The third kappa shape index (κ3) is 4.56. The van der Waals surface area contributed by atoms with E-state index >= 15 is 0 Å². The lowest BCUT2D eigenvalue weighted by atomic mass is 10.1. The number of anilines is 1. The number of amides is 1. The first kappa shape index (κ1) is 18.3. The van der Waals surface area contributed by atoms with E-state index in [1.54, 1.807) is 6.07 Å².